The maximum absolute atomic E-state index is 13.9. The van der Waals surface area contributed by atoms with E-state index in [4.69, 9.17) is 14.5 Å². The van der Waals surface area contributed by atoms with Crippen molar-refractivity contribution in [1.29, 1.82) is 0 Å². The molecule has 0 fully saturated rings. The molecule has 0 spiro atoms. The van der Waals surface area contributed by atoms with Crippen molar-refractivity contribution >= 4 is 39.0 Å². The van der Waals surface area contributed by atoms with E-state index in [0.29, 0.717) is 20.8 Å². The van der Waals surface area contributed by atoms with Crippen molar-refractivity contribution in [2.75, 3.05) is 14.2 Å². The molecule has 0 unspecified atom stereocenters. The van der Waals surface area contributed by atoms with Gasteiger partial charge in [-0.25, -0.2) is 4.99 Å². The van der Waals surface area contributed by atoms with Crippen LogP contribution in [0.1, 0.15) is 34.7 Å². The summed E-state index contributed by atoms with van der Waals surface area (Å²) in [5.41, 5.74) is 6.49. The van der Waals surface area contributed by atoms with Gasteiger partial charge in [-0.3, -0.25) is 9.36 Å². The Balaban J connectivity index is 1.62. The van der Waals surface area contributed by atoms with Crippen LogP contribution < -0.4 is 24.4 Å². The Morgan fingerprint density at radius 3 is 2.56 bits per heavy atom. The largest absolute Gasteiger partial charge is 0.493 e. The summed E-state index contributed by atoms with van der Waals surface area (Å²) in [6.07, 6.45) is 3.70. The van der Waals surface area contributed by atoms with Crippen molar-refractivity contribution in [3.63, 3.8) is 0 Å². The molecule has 1 aliphatic heterocycles. The first-order valence-electron chi connectivity index (χ1n) is 11.7. The molecule has 1 atom stereocenters. The lowest BCUT2D eigenvalue weighted by atomic mass is 9.83. The Kier molecular flexibility index (Phi) is 5.90. The number of halogens is 1. The fourth-order valence-electron chi connectivity index (χ4n) is 5.06. The van der Waals surface area contributed by atoms with Crippen LogP contribution in [0.5, 0.6) is 11.5 Å². The van der Waals surface area contributed by atoms with Crippen molar-refractivity contribution in [1.82, 2.24) is 4.57 Å². The van der Waals surface area contributed by atoms with Crippen molar-refractivity contribution in [3.8, 4) is 11.5 Å². The molecule has 0 saturated heterocycles. The number of hydrogen-bond donors (Lipinski definition) is 0. The van der Waals surface area contributed by atoms with E-state index in [9.17, 15) is 4.79 Å². The van der Waals surface area contributed by atoms with Crippen molar-refractivity contribution in [2.24, 2.45) is 4.99 Å². The normalized spacial score (nSPS) is 16.6. The van der Waals surface area contributed by atoms with Crippen LogP contribution in [0, 0.1) is 0 Å². The SMILES string of the molecule is COc1ccc([C@H]2C3=C(N=c4s/c(=C\c5ccc(Br)cc5)c(=O)n42)c2ccccc2CC3)cc1OC. The molecule has 1 aromatic heterocycles. The molecule has 1 aliphatic carbocycles. The standard InChI is InChI=1S/C29H23BrN2O3S/c1-34-23-14-10-19(16-24(23)35-2)27-22-13-9-18-5-3-4-6-21(18)26(22)31-29-32(27)28(33)25(36-29)15-17-7-11-20(30)12-8-17/h3-8,10-12,14-16,27H,9,13H2,1-2H3/b25-15-/t27-/m0/s1. The van der Waals surface area contributed by atoms with Crippen molar-refractivity contribution in [2.45, 2.75) is 18.9 Å². The molecule has 0 N–H and O–H groups in total. The predicted octanol–water partition coefficient (Wildman–Crippen LogP) is 5.10. The fraction of sp³-hybridized carbons (Fsp3) is 0.172. The molecule has 0 radical (unpaired) electrons. The van der Waals surface area contributed by atoms with Crippen molar-refractivity contribution < 1.29 is 9.47 Å². The van der Waals surface area contributed by atoms with E-state index in [-0.39, 0.29) is 11.6 Å². The average Bonchev–Trinajstić information content (AvgIpc) is 3.22. The van der Waals surface area contributed by atoms with Crippen LogP contribution in [0.4, 0.5) is 0 Å². The number of thiazole rings is 1. The van der Waals surface area contributed by atoms with Gasteiger partial charge < -0.3 is 9.47 Å². The topological polar surface area (TPSA) is 52.8 Å². The minimum absolute atomic E-state index is 0.0353. The summed E-state index contributed by atoms with van der Waals surface area (Å²) in [4.78, 5) is 19.6. The zero-order valence-corrected chi connectivity index (χ0v) is 22.2. The van der Waals surface area contributed by atoms with E-state index < -0.39 is 0 Å². The molecule has 4 aromatic rings. The zero-order valence-electron chi connectivity index (χ0n) is 19.8. The molecule has 5 nitrogen and oxygen atoms in total. The molecular weight excluding hydrogens is 536 g/mol. The molecule has 0 saturated carbocycles. The smallest absolute Gasteiger partial charge is 0.271 e. The highest BCUT2D eigenvalue weighted by Crippen LogP contribution is 2.42. The Morgan fingerprint density at radius 2 is 1.78 bits per heavy atom. The number of allylic oxidation sites excluding steroid dienone is 1. The van der Waals surface area contributed by atoms with Gasteiger partial charge in [0.1, 0.15) is 0 Å². The summed E-state index contributed by atoms with van der Waals surface area (Å²) >= 11 is 4.91. The number of nitrogens with zero attached hydrogens (tertiary/aromatic N) is 2. The molecule has 0 amide bonds. The quantitative estimate of drug-likeness (QED) is 0.350. The highest BCUT2D eigenvalue weighted by atomic mass is 79.9. The average molecular weight is 559 g/mol. The molecule has 6 rings (SSSR count). The highest BCUT2D eigenvalue weighted by molar-refractivity contribution is 9.10. The number of aromatic nitrogens is 1. The number of benzene rings is 3. The molecular formula is C29H23BrN2O3S. The molecule has 0 bridgehead atoms. The molecule has 36 heavy (non-hydrogen) atoms. The summed E-state index contributed by atoms with van der Waals surface area (Å²) in [6, 6.07) is 22.0. The van der Waals surface area contributed by atoms with Gasteiger partial charge in [0.2, 0.25) is 0 Å². The minimum atomic E-state index is -0.267. The lowest BCUT2D eigenvalue weighted by Gasteiger charge is -2.31. The van der Waals surface area contributed by atoms with E-state index in [1.54, 1.807) is 14.2 Å². The second kappa shape index (κ2) is 9.22. The predicted molar refractivity (Wildman–Crippen MR) is 146 cm³/mol. The highest BCUT2D eigenvalue weighted by Gasteiger charge is 2.33. The van der Waals surface area contributed by atoms with Crippen LogP contribution in [-0.4, -0.2) is 18.8 Å². The van der Waals surface area contributed by atoms with Gasteiger partial charge >= 0.3 is 0 Å². The number of methoxy groups -OCH3 is 2. The number of fused-ring (bicyclic) bond motifs is 3. The number of rotatable bonds is 4. The molecule has 7 heteroatoms. The fourth-order valence-corrected chi connectivity index (χ4v) is 6.32. The van der Waals surface area contributed by atoms with Crippen LogP contribution >= 0.6 is 27.3 Å². The summed E-state index contributed by atoms with van der Waals surface area (Å²) in [7, 11) is 3.26. The van der Waals surface area contributed by atoms with Crippen LogP contribution in [-0.2, 0) is 6.42 Å². The Morgan fingerprint density at radius 1 is 1.00 bits per heavy atom. The number of ether oxygens (including phenoxy) is 2. The lowest BCUT2D eigenvalue weighted by Crippen LogP contribution is -2.38. The third-order valence-corrected chi connectivity index (χ3v) is 8.28. The summed E-state index contributed by atoms with van der Waals surface area (Å²) in [5, 5.41) is 0. The molecule has 2 aliphatic rings. The second-order valence-corrected chi connectivity index (χ2v) is 10.7. The third-order valence-electron chi connectivity index (χ3n) is 6.76. The number of aryl methyl sites for hydroxylation is 1. The van der Waals surface area contributed by atoms with Gasteiger partial charge in [-0.1, -0.05) is 69.7 Å². The summed E-state index contributed by atoms with van der Waals surface area (Å²) in [5.74, 6) is 1.30. The first-order chi connectivity index (χ1) is 17.6. The minimum Gasteiger partial charge on any atom is -0.493 e. The van der Waals surface area contributed by atoms with E-state index in [0.717, 1.165) is 45.3 Å². The van der Waals surface area contributed by atoms with Crippen LogP contribution in [0.25, 0.3) is 11.8 Å². The van der Waals surface area contributed by atoms with Gasteiger partial charge in [0.15, 0.2) is 16.3 Å². The van der Waals surface area contributed by atoms with Gasteiger partial charge in [0, 0.05) is 10.0 Å². The van der Waals surface area contributed by atoms with Gasteiger partial charge in [-0.15, -0.1) is 0 Å². The van der Waals surface area contributed by atoms with E-state index in [1.165, 1.54) is 16.9 Å². The second-order valence-electron chi connectivity index (χ2n) is 8.78. The van der Waals surface area contributed by atoms with E-state index in [2.05, 4.69) is 40.2 Å². The first kappa shape index (κ1) is 23.0. The van der Waals surface area contributed by atoms with Gasteiger partial charge in [0.25, 0.3) is 5.56 Å². The molecule has 180 valence electrons. The molecule has 2 heterocycles. The molecule has 3 aromatic carbocycles. The van der Waals surface area contributed by atoms with Crippen molar-refractivity contribution in [3.05, 3.63) is 119 Å². The number of hydrogen-bond acceptors (Lipinski definition) is 5. The van der Waals surface area contributed by atoms with Gasteiger partial charge in [-0.2, -0.15) is 0 Å². The Hall–Kier alpha value is -3.42. The third kappa shape index (κ3) is 3.83. The lowest BCUT2D eigenvalue weighted by molar-refractivity contribution is 0.354. The van der Waals surface area contributed by atoms with E-state index >= 15 is 0 Å². The van der Waals surface area contributed by atoms with Gasteiger partial charge in [-0.05, 0) is 65.4 Å². The first-order valence-corrected chi connectivity index (χ1v) is 13.3. The van der Waals surface area contributed by atoms with E-state index in [1.807, 2.05) is 53.1 Å². The Bertz CT molecular complexity index is 1700. The maximum atomic E-state index is 13.9. The summed E-state index contributed by atoms with van der Waals surface area (Å²) in [6.45, 7) is 0. The van der Waals surface area contributed by atoms with Crippen LogP contribution in [0.3, 0.4) is 0 Å². The summed E-state index contributed by atoms with van der Waals surface area (Å²) < 4.78 is 14.6. The maximum Gasteiger partial charge on any atom is 0.271 e. The van der Waals surface area contributed by atoms with Gasteiger partial charge in [0.05, 0.1) is 30.5 Å². The Labute approximate surface area is 220 Å². The zero-order chi connectivity index (χ0) is 24.8. The van der Waals surface area contributed by atoms with Crippen LogP contribution in [0.2, 0.25) is 0 Å². The monoisotopic (exact) mass is 558 g/mol. The van der Waals surface area contributed by atoms with Crippen LogP contribution in [0.15, 0.2) is 86.6 Å².